The number of hydrogen-bond donors (Lipinski definition) is 1. The molecule has 1 aliphatic rings. The monoisotopic (exact) mass is 375 g/mol. The Kier molecular flexibility index (Phi) is 5.48. The molecule has 1 atom stereocenters. The molecular formula is C22H25N5O. The minimum absolute atomic E-state index is 0.391. The van der Waals surface area contributed by atoms with E-state index in [9.17, 15) is 0 Å². The molecule has 2 aromatic heterocycles. The molecule has 0 bridgehead atoms. The quantitative estimate of drug-likeness (QED) is 0.725. The average Bonchev–Trinajstić information content (AvgIpc) is 2.75. The molecule has 1 aliphatic heterocycles. The summed E-state index contributed by atoms with van der Waals surface area (Å²) in [6.45, 7) is 6.76. The van der Waals surface area contributed by atoms with Crippen molar-refractivity contribution in [3.8, 4) is 11.5 Å². The van der Waals surface area contributed by atoms with E-state index in [0.717, 1.165) is 49.1 Å². The van der Waals surface area contributed by atoms with Crippen LogP contribution in [0, 0.1) is 0 Å². The van der Waals surface area contributed by atoms with Gasteiger partial charge in [-0.25, -0.2) is 9.97 Å². The Balaban J connectivity index is 1.55. The Labute approximate surface area is 165 Å². The zero-order valence-corrected chi connectivity index (χ0v) is 16.3. The Morgan fingerprint density at radius 2 is 2.00 bits per heavy atom. The van der Waals surface area contributed by atoms with Gasteiger partial charge in [-0.1, -0.05) is 13.0 Å². The molecule has 0 aliphatic carbocycles. The largest absolute Gasteiger partial charge is 0.377 e. The fourth-order valence-corrected chi connectivity index (χ4v) is 3.35. The van der Waals surface area contributed by atoms with Gasteiger partial charge in [-0.15, -0.1) is 0 Å². The summed E-state index contributed by atoms with van der Waals surface area (Å²) in [4.78, 5) is 16.0. The third-order valence-electron chi connectivity index (χ3n) is 4.87. The number of hydrogen-bond acceptors (Lipinski definition) is 6. The van der Waals surface area contributed by atoms with Crippen molar-refractivity contribution in [2.45, 2.75) is 26.3 Å². The van der Waals surface area contributed by atoms with Crippen LogP contribution in [0.1, 0.15) is 19.5 Å². The molecule has 3 aromatic rings. The van der Waals surface area contributed by atoms with Gasteiger partial charge < -0.3 is 15.0 Å². The molecule has 6 nitrogen and oxygen atoms in total. The van der Waals surface area contributed by atoms with Crippen LogP contribution in [0.4, 0.5) is 17.2 Å². The Morgan fingerprint density at radius 3 is 2.71 bits per heavy atom. The van der Waals surface area contributed by atoms with Crippen molar-refractivity contribution in [2.75, 3.05) is 30.0 Å². The molecule has 0 saturated carbocycles. The van der Waals surface area contributed by atoms with Crippen molar-refractivity contribution in [2.24, 2.45) is 0 Å². The van der Waals surface area contributed by atoms with Crippen LogP contribution in [0.2, 0.25) is 0 Å². The smallest absolute Gasteiger partial charge is 0.180 e. The van der Waals surface area contributed by atoms with Crippen LogP contribution >= 0.6 is 0 Å². The van der Waals surface area contributed by atoms with Gasteiger partial charge in [0.05, 0.1) is 13.2 Å². The van der Waals surface area contributed by atoms with Gasteiger partial charge in [0.25, 0.3) is 0 Å². The molecule has 1 fully saturated rings. The SMILES string of the molecule is CCc1cc(Nc2ccc(N3CCOCC3C)cc2)nc(-c2ccccn2)n1. The average molecular weight is 375 g/mol. The topological polar surface area (TPSA) is 63.2 Å². The number of ether oxygens (including phenoxy) is 1. The molecule has 144 valence electrons. The van der Waals surface area contributed by atoms with E-state index >= 15 is 0 Å². The van der Waals surface area contributed by atoms with E-state index in [0.29, 0.717) is 11.9 Å². The highest BCUT2D eigenvalue weighted by Gasteiger charge is 2.18. The molecule has 4 rings (SSSR count). The van der Waals surface area contributed by atoms with Crippen LogP contribution in [0.15, 0.2) is 54.7 Å². The zero-order chi connectivity index (χ0) is 19.3. The first-order valence-electron chi connectivity index (χ1n) is 9.74. The van der Waals surface area contributed by atoms with Crippen LogP contribution < -0.4 is 10.2 Å². The van der Waals surface area contributed by atoms with E-state index in [1.165, 1.54) is 5.69 Å². The van der Waals surface area contributed by atoms with Crippen molar-refractivity contribution < 1.29 is 4.74 Å². The van der Waals surface area contributed by atoms with E-state index in [1.807, 2.05) is 24.3 Å². The zero-order valence-electron chi connectivity index (χ0n) is 16.3. The van der Waals surface area contributed by atoms with E-state index in [4.69, 9.17) is 4.74 Å². The molecule has 1 unspecified atom stereocenters. The van der Waals surface area contributed by atoms with Gasteiger partial charge in [0.2, 0.25) is 0 Å². The Morgan fingerprint density at radius 1 is 1.14 bits per heavy atom. The maximum absolute atomic E-state index is 5.53. The second kappa shape index (κ2) is 8.35. The van der Waals surface area contributed by atoms with E-state index < -0.39 is 0 Å². The standard InChI is InChI=1S/C22H25N5O/c1-3-17-14-21(26-22(25-17)20-6-4-5-11-23-20)24-18-7-9-19(10-8-18)27-12-13-28-15-16(27)2/h4-11,14,16H,3,12-13,15H2,1-2H3,(H,24,25,26). The first-order valence-corrected chi connectivity index (χ1v) is 9.74. The van der Waals surface area contributed by atoms with Gasteiger partial charge in [0.15, 0.2) is 5.82 Å². The van der Waals surface area contributed by atoms with Crippen molar-refractivity contribution in [1.29, 1.82) is 0 Å². The maximum Gasteiger partial charge on any atom is 0.180 e. The van der Waals surface area contributed by atoms with Crippen molar-refractivity contribution in [3.05, 3.63) is 60.4 Å². The van der Waals surface area contributed by atoms with Gasteiger partial charge in [-0.05, 0) is 49.7 Å². The van der Waals surface area contributed by atoms with E-state index in [2.05, 4.69) is 63.3 Å². The number of benzene rings is 1. The lowest BCUT2D eigenvalue weighted by Gasteiger charge is -2.35. The summed E-state index contributed by atoms with van der Waals surface area (Å²) in [5.74, 6) is 1.42. The fraction of sp³-hybridized carbons (Fsp3) is 0.318. The van der Waals surface area contributed by atoms with Gasteiger partial charge in [0, 0.05) is 41.9 Å². The number of aromatic nitrogens is 3. The Hall–Kier alpha value is -2.99. The molecule has 1 saturated heterocycles. The van der Waals surface area contributed by atoms with Crippen molar-refractivity contribution >= 4 is 17.2 Å². The molecule has 0 amide bonds. The van der Waals surface area contributed by atoms with Crippen LogP contribution in [0.5, 0.6) is 0 Å². The highest BCUT2D eigenvalue weighted by Crippen LogP contribution is 2.24. The molecular weight excluding hydrogens is 350 g/mol. The fourth-order valence-electron chi connectivity index (χ4n) is 3.35. The lowest BCUT2D eigenvalue weighted by Crippen LogP contribution is -2.43. The number of pyridine rings is 1. The summed E-state index contributed by atoms with van der Waals surface area (Å²) in [5.41, 5.74) is 3.97. The number of nitrogens with one attached hydrogen (secondary N) is 1. The highest BCUT2D eigenvalue weighted by atomic mass is 16.5. The lowest BCUT2D eigenvalue weighted by molar-refractivity contribution is 0.0989. The van der Waals surface area contributed by atoms with Crippen LogP contribution in [0.25, 0.3) is 11.5 Å². The second-order valence-corrected chi connectivity index (χ2v) is 6.93. The van der Waals surface area contributed by atoms with Crippen LogP contribution in [0.3, 0.4) is 0 Å². The Bertz CT molecular complexity index is 914. The summed E-state index contributed by atoms with van der Waals surface area (Å²) in [6, 6.07) is 16.6. The number of anilines is 3. The molecule has 28 heavy (non-hydrogen) atoms. The van der Waals surface area contributed by atoms with Gasteiger partial charge in [0.1, 0.15) is 11.5 Å². The van der Waals surface area contributed by atoms with Crippen molar-refractivity contribution in [3.63, 3.8) is 0 Å². The number of rotatable bonds is 5. The van der Waals surface area contributed by atoms with Gasteiger partial charge >= 0.3 is 0 Å². The summed E-state index contributed by atoms with van der Waals surface area (Å²) >= 11 is 0. The third kappa shape index (κ3) is 4.12. The van der Waals surface area contributed by atoms with E-state index in [-0.39, 0.29) is 0 Å². The molecule has 3 heterocycles. The molecule has 0 spiro atoms. The summed E-state index contributed by atoms with van der Waals surface area (Å²) in [6.07, 6.45) is 2.60. The van der Waals surface area contributed by atoms with Gasteiger partial charge in [-0.2, -0.15) is 0 Å². The summed E-state index contributed by atoms with van der Waals surface area (Å²) in [7, 11) is 0. The van der Waals surface area contributed by atoms with Crippen LogP contribution in [-0.4, -0.2) is 40.8 Å². The molecule has 1 N–H and O–H groups in total. The predicted molar refractivity (Wildman–Crippen MR) is 112 cm³/mol. The number of aryl methyl sites for hydroxylation is 1. The minimum atomic E-state index is 0.391. The second-order valence-electron chi connectivity index (χ2n) is 6.93. The maximum atomic E-state index is 5.53. The first kappa shape index (κ1) is 18.4. The van der Waals surface area contributed by atoms with Crippen LogP contribution in [-0.2, 0) is 11.2 Å². The van der Waals surface area contributed by atoms with Crippen molar-refractivity contribution in [1.82, 2.24) is 15.0 Å². The lowest BCUT2D eigenvalue weighted by atomic mass is 10.2. The third-order valence-corrected chi connectivity index (χ3v) is 4.87. The molecule has 0 radical (unpaired) electrons. The first-order chi connectivity index (χ1) is 13.7. The predicted octanol–water partition coefficient (Wildman–Crippen LogP) is 4.07. The minimum Gasteiger partial charge on any atom is -0.377 e. The highest BCUT2D eigenvalue weighted by molar-refractivity contribution is 5.63. The van der Waals surface area contributed by atoms with E-state index in [1.54, 1.807) is 6.20 Å². The normalized spacial score (nSPS) is 16.8. The molecule has 6 heteroatoms. The number of nitrogens with zero attached hydrogens (tertiary/aromatic N) is 4. The van der Waals surface area contributed by atoms with Gasteiger partial charge in [-0.3, -0.25) is 4.98 Å². The summed E-state index contributed by atoms with van der Waals surface area (Å²) in [5, 5.41) is 3.41. The summed E-state index contributed by atoms with van der Waals surface area (Å²) < 4.78 is 5.53. The number of morpholine rings is 1. The molecule has 1 aromatic carbocycles.